The topological polar surface area (TPSA) is 23.5 Å². The first-order valence-electron chi connectivity index (χ1n) is 6.62. The van der Waals surface area contributed by atoms with Crippen molar-refractivity contribution in [3.05, 3.63) is 0 Å². The average Bonchev–Trinajstić information content (AvgIpc) is 2.24. The maximum absolute atomic E-state index is 9.16. The van der Waals surface area contributed by atoms with Gasteiger partial charge in [0.15, 0.2) is 0 Å². The van der Waals surface area contributed by atoms with E-state index < -0.39 is 0 Å². The first-order chi connectivity index (χ1) is 7.22. The Morgan fingerprint density at radius 1 is 1.40 bits per heavy atom. The lowest BCUT2D eigenvalue weighted by Gasteiger charge is -2.32. The smallest absolute Gasteiger partial charge is 0.0512 e. The molecule has 0 aromatic rings. The minimum atomic E-state index is -0.116. The normalized spacial score (nSPS) is 25.4. The van der Waals surface area contributed by atoms with Crippen LogP contribution in [-0.2, 0) is 0 Å². The van der Waals surface area contributed by atoms with E-state index in [0.717, 1.165) is 12.3 Å². The Bertz CT molecular complexity index is 159. The van der Waals surface area contributed by atoms with Crippen LogP contribution in [0.4, 0.5) is 0 Å². The number of hydrogen-bond donors (Lipinski definition) is 1. The summed E-state index contributed by atoms with van der Waals surface area (Å²) in [5, 5.41) is 9.16. The second-order valence-corrected chi connectivity index (χ2v) is 5.06. The maximum Gasteiger partial charge on any atom is 0.0512 e. The first-order valence-corrected chi connectivity index (χ1v) is 6.62. The van der Waals surface area contributed by atoms with Crippen molar-refractivity contribution in [1.29, 1.82) is 0 Å². The fraction of sp³-hybridized carbons (Fsp3) is 1.00. The van der Waals surface area contributed by atoms with E-state index in [1.165, 1.54) is 51.7 Å². The molecule has 15 heavy (non-hydrogen) atoms. The van der Waals surface area contributed by atoms with Gasteiger partial charge in [0.25, 0.3) is 0 Å². The number of unbranched alkanes of at least 4 members (excludes halogenated alkanes) is 1. The van der Waals surface area contributed by atoms with E-state index in [1.807, 2.05) is 6.92 Å². The molecule has 0 amide bonds. The van der Waals surface area contributed by atoms with Gasteiger partial charge in [-0.2, -0.15) is 0 Å². The molecule has 2 atom stereocenters. The van der Waals surface area contributed by atoms with Crippen LogP contribution in [0.2, 0.25) is 0 Å². The molecule has 2 nitrogen and oxygen atoms in total. The lowest BCUT2D eigenvalue weighted by Crippen LogP contribution is -2.35. The van der Waals surface area contributed by atoms with Crippen LogP contribution in [0.5, 0.6) is 0 Å². The molecular formula is C13H27NO. The zero-order valence-electron chi connectivity index (χ0n) is 10.4. The van der Waals surface area contributed by atoms with E-state index >= 15 is 0 Å². The van der Waals surface area contributed by atoms with Gasteiger partial charge in [-0.1, -0.05) is 13.3 Å². The van der Waals surface area contributed by atoms with Crippen LogP contribution in [0, 0.1) is 5.92 Å². The molecular weight excluding hydrogens is 186 g/mol. The minimum Gasteiger partial charge on any atom is -0.393 e. The molecule has 0 radical (unpaired) electrons. The number of nitrogens with zero attached hydrogens (tertiary/aromatic N) is 1. The number of aliphatic hydroxyl groups is 1. The van der Waals surface area contributed by atoms with Crippen LogP contribution in [0.25, 0.3) is 0 Å². The molecule has 1 N–H and O–H groups in total. The van der Waals surface area contributed by atoms with E-state index in [4.69, 9.17) is 5.11 Å². The molecule has 0 aromatic heterocycles. The summed E-state index contributed by atoms with van der Waals surface area (Å²) in [5.41, 5.74) is 0. The predicted molar refractivity (Wildman–Crippen MR) is 65.0 cm³/mol. The van der Waals surface area contributed by atoms with Gasteiger partial charge in [-0.3, -0.25) is 0 Å². The largest absolute Gasteiger partial charge is 0.393 e. The molecule has 0 aliphatic carbocycles. The number of likely N-dealkylation sites (tertiary alicyclic amines) is 1. The van der Waals surface area contributed by atoms with Crippen molar-refractivity contribution < 1.29 is 5.11 Å². The zero-order chi connectivity index (χ0) is 11.1. The third-order valence-corrected chi connectivity index (χ3v) is 3.53. The Labute approximate surface area is 94.7 Å². The SMILES string of the molecule is CCC1CCCN(CCCCC(C)O)C1. The summed E-state index contributed by atoms with van der Waals surface area (Å²) in [6.07, 6.45) is 7.42. The van der Waals surface area contributed by atoms with Gasteiger partial charge in [-0.15, -0.1) is 0 Å². The molecule has 1 aliphatic heterocycles. The quantitative estimate of drug-likeness (QED) is 0.686. The second kappa shape index (κ2) is 7.24. The van der Waals surface area contributed by atoms with Gasteiger partial charge >= 0.3 is 0 Å². The highest BCUT2D eigenvalue weighted by molar-refractivity contribution is 4.71. The van der Waals surface area contributed by atoms with Gasteiger partial charge in [-0.25, -0.2) is 0 Å². The Morgan fingerprint density at radius 2 is 2.20 bits per heavy atom. The van der Waals surface area contributed by atoms with Crippen LogP contribution in [0.15, 0.2) is 0 Å². The van der Waals surface area contributed by atoms with Crippen LogP contribution in [0.3, 0.4) is 0 Å². The Kier molecular flexibility index (Phi) is 6.26. The molecule has 0 spiro atoms. The Balaban J connectivity index is 2.05. The molecule has 1 aliphatic rings. The number of piperidine rings is 1. The standard InChI is InChI=1S/C13H27NO/c1-3-13-8-6-10-14(11-13)9-5-4-7-12(2)15/h12-13,15H,3-11H2,1-2H3. The second-order valence-electron chi connectivity index (χ2n) is 5.06. The van der Waals surface area contributed by atoms with Crippen molar-refractivity contribution in [3.8, 4) is 0 Å². The summed E-state index contributed by atoms with van der Waals surface area (Å²) >= 11 is 0. The van der Waals surface area contributed by atoms with Crippen molar-refractivity contribution in [1.82, 2.24) is 4.90 Å². The number of aliphatic hydroxyl groups excluding tert-OH is 1. The van der Waals surface area contributed by atoms with Gasteiger partial charge < -0.3 is 10.0 Å². The van der Waals surface area contributed by atoms with E-state index in [-0.39, 0.29) is 6.10 Å². The molecule has 1 rings (SSSR count). The van der Waals surface area contributed by atoms with Crippen molar-refractivity contribution in [3.63, 3.8) is 0 Å². The van der Waals surface area contributed by atoms with E-state index in [0.29, 0.717) is 0 Å². The fourth-order valence-electron chi connectivity index (χ4n) is 2.46. The summed E-state index contributed by atoms with van der Waals surface area (Å²) in [6.45, 7) is 8.04. The zero-order valence-corrected chi connectivity index (χ0v) is 10.4. The number of hydrogen-bond acceptors (Lipinski definition) is 2. The average molecular weight is 213 g/mol. The fourth-order valence-corrected chi connectivity index (χ4v) is 2.46. The van der Waals surface area contributed by atoms with E-state index in [2.05, 4.69) is 11.8 Å². The third kappa shape index (κ3) is 5.53. The molecule has 1 fully saturated rings. The minimum absolute atomic E-state index is 0.116. The first kappa shape index (κ1) is 13.0. The van der Waals surface area contributed by atoms with E-state index in [1.54, 1.807) is 0 Å². The molecule has 1 saturated heterocycles. The van der Waals surface area contributed by atoms with Crippen LogP contribution < -0.4 is 0 Å². The molecule has 0 bridgehead atoms. The van der Waals surface area contributed by atoms with Gasteiger partial charge in [-0.05, 0) is 58.0 Å². The molecule has 0 saturated carbocycles. The summed E-state index contributed by atoms with van der Waals surface area (Å²) in [4.78, 5) is 2.61. The van der Waals surface area contributed by atoms with Crippen LogP contribution in [-0.4, -0.2) is 35.7 Å². The van der Waals surface area contributed by atoms with Crippen molar-refractivity contribution in [2.75, 3.05) is 19.6 Å². The lowest BCUT2D eigenvalue weighted by molar-refractivity contribution is 0.157. The van der Waals surface area contributed by atoms with Crippen molar-refractivity contribution >= 4 is 0 Å². The monoisotopic (exact) mass is 213 g/mol. The summed E-state index contributed by atoms with van der Waals surface area (Å²) < 4.78 is 0. The highest BCUT2D eigenvalue weighted by atomic mass is 16.3. The molecule has 2 unspecified atom stereocenters. The summed E-state index contributed by atoms with van der Waals surface area (Å²) in [7, 11) is 0. The van der Waals surface area contributed by atoms with Gasteiger partial charge in [0.2, 0.25) is 0 Å². The van der Waals surface area contributed by atoms with Gasteiger partial charge in [0.1, 0.15) is 0 Å². The Morgan fingerprint density at radius 3 is 2.87 bits per heavy atom. The van der Waals surface area contributed by atoms with Crippen molar-refractivity contribution in [2.24, 2.45) is 5.92 Å². The summed E-state index contributed by atoms with van der Waals surface area (Å²) in [5.74, 6) is 0.940. The molecule has 90 valence electrons. The molecule has 0 aromatic carbocycles. The lowest BCUT2D eigenvalue weighted by atomic mass is 9.95. The van der Waals surface area contributed by atoms with Gasteiger partial charge in [0.05, 0.1) is 6.10 Å². The van der Waals surface area contributed by atoms with Gasteiger partial charge in [0, 0.05) is 6.54 Å². The van der Waals surface area contributed by atoms with Crippen LogP contribution >= 0.6 is 0 Å². The van der Waals surface area contributed by atoms with E-state index in [9.17, 15) is 0 Å². The third-order valence-electron chi connectivity index (χ3n) is 3.53. The predicted octanol–water partition coefficient (Wildman–Crippen LogP) is 2.66. The van der Waals surface area contributed by atoms with Crippen LogP contribution in [0.1, 0.15) is 52.4 Å². The molecule has 2 heteroatoms. The van der Waals surface area contributed by atoms with Crippen molar-refractivity contribution in [2.45, 2.75) is 58.5 Å². The highest BCUT2D eigenvalue weighted by Crippen LogP contribution is 2.19. The molecule has 1 heterocycles. The Hall–Kier alpha value is -0.0800. The highest BCUT2D eigenvalue weighted by Gasteiger charge is 2.17. The maximum atomic E-state index is 9.16. The summed E-state index contributed by atoms with van der Waals surface area (Å²) in [6, 6.07) is 0. The number of rotatable bonds is 6.